The highest BCUT2D eigenvalue weighted by molar-refractivity contribution is 5.61. The molecule has 1 saturated carbocycles. The molecule has 1 aliphatic rings. The number of hydrogen-bond donors (Lipinski definition) is 3. The van der Waals surface area contributed by atoms with E-state index in [2.05, 4.69) is 41.4 Å². The van der Waals surface area contributed by atoms with E-state index >= 15 is 0 Å². The summed E-state index contributed by atoms with van der Waals surface area (Å²) in [7, 11) is 0. The van der Waals surface area contributed by atoms with Crippen molar-refractivity contribution >= 4 is 6.09 Å². The van der Waals surface area contributed by atoms with Crippen molar-refractivity contribution in [1.82, 2.24) is 5.32 Å². The molecule has 1 fully saturated rings. The minimum absolute atomic E-state index is 0.626. The van der Waals surface area contributed by atoms with E-state index in [-0.39, 0.29) is 0 Å². The highest BCUT2D eigenvalue weighted by atomic mass is 16.5. The van der Waals surface area contributed by atoms with E-state index in [1.807, 2.05) is 24.3 Å². The minimum atomic E-state index is -1.33. The van der Waals surface area contributed by atoms with Crippen molar-refractivity contribution in [2.45, 2.75) is 44.9 Å². The first kappa shape index (κ1) is 18.8. The van der Waals surface area contributed by atoms with Crippen LogP contribution in [0, 0.1) is 0 Å². The fourth-order valence-electron chi connectivity index (χ4n) is 2.91. The second-order valence-electron chi connectivity index (χ2n) is 6.08. The Morgan fingerprint density at radius 3 is 2.36 bits per heavy atom. The smallest absolute Gasteiger partial charge is 0.402 e. The summed E-state index contributed by atoms with van der Waals surface area (Å²) in [5.41, 5.74) is 6.48. The van der Waals surface area contributed by atoms with Gasteiger partial charge in [0.05, 0.1) is 0 Å². The quantitative estimate of drug-likeness (QED) is 0.743. The van der Waals surface area contributed by atoms with Crippen molar-refractivity contribution in [3.05, 3.63) is 65.7 Å². The van der Waals surface area contributed by atoms with Crippen LogP contribution >= 0.6 is 0 Å². The Morgan fingerprint density at radius 2 is 1.68 bits per heavy atom. The molecule has 0 bridgehead atoms. The van der Waals surface area contributed by atoms with Gasteiger partial charge in [0, 0.05) is 18.2 Å². The van der Waals surface area contributed by atoms with Gasteiger partial charge in [0.1, 0.15) is 12.4 Å². The van der Waals surface area contributed by atoms with E-state index in [1.165, 1.54) is 36.8 Å². The molecule has 5 heteroatoms. The van der Waals surface area contributed by atoms with Crippen LogP contribution < -0.4 is 15.8 Å². The summed E-state index contributed by atoms with van der Waals surface area (Å²) < 4.78 is 6.00. The van der Waals surface area contributed by atoms with Gasteiger partial charge in [0.2, 0.25) is 0 Å². The number of carbonyl (C=O) groups is 1. The molecule has 3 rings (SSSR count). The fraction of sp³-hybridized carbons (Fsp3) is 0.350. The SMILES string of the molecule is NC(=O)O.c1ccc(COc2ccccc2CNC2CCCC2)cc1. The molecule has 0 saturated heterocycles. The summed E-state index contributed by atoms with van der Waals surface area (Å²) in [5.74, 6) is 0.992. The zero-order chi connectivity index (χ0) is 17.9. The Labute approximate surface area is 148 Å². The number of hydrogen-bond acceptors (Lipinski definition) is 3. The third-order valence-electron chi connectivity index (χ3n) is 4.15. The molecule has 0 aromatic heterocycles. The summed E-state index contributed by atoms with van der Waals surface area (Å²) in [6, 6.07) is 19.4. The maximum absolute atomic E-state index is 8.78. The number of primary amides is 1. The number of amides is 1. The molecular weight excluding hydrogens is 316 g/mol. The molecule has 0 aliphatic heterocycles. The molecular formula is C20H26N2O3. The maximum atomic E-state index is 8.78. The van der Waals surface area contributed by atoms with E-state index in [9.17, 15) is 0 Å². The summed E-state index contributed by atoms with van der Waals surface area (Å²) >= 11 is 0. The first-order chi connectivity index (χ1) is 12.1. The molecule has 25 heavy (non-hydrogen) atoms. The van der Waals surface area contributed by atoms with Crippen molar-refractivity contribution in [2.24, 2.45) is 5.73 Å². The first-order valence-corrected chi connectivity index (χ1v) is 8.61. The maximum Gasteiger partial charge on any atom is 0.402 e. The number of para-hydroxylation sites is 1. The molecule has 0 atom stereocenters. The van der Waals surface area contributed by atoms with Crippen molar-refractivity contribution in [2.75, 3.05) is 0 Å². The molecule has 0 radical (unpaired) electrons. The molecule has 2 aromatic rings. The fourth-order valence-corrected chi connectivity index (χ4v) is 2.91. The number of carboxylic acid groups (broad SMARTS) is 1. The lowest BCUT2D eigenvalue weighted by Gasteiger charge is -2.15. The lowest BCUT2D eigenvalue weighted by molar-refractivity contribution is 0.205. The standard InChI is InChI=1S/C19H23NO.CH3NO2/c1-2-8-16(9-3-1)15-21-19-13-7-4-10-17(19)14-20-18-11-5-6-12-18;2-1(3)4/h1-4,7-10,13,18,20H,5-6,11-12,14-15H2;2H2,(H,3,4). The van der Waals surface area contributed by atoms with Crippen molar-refractivity contribution in [3.63, 3.8) is 0 Å². The lowest BCUT2D eigenvalue weighted by atomic mass is 10.1. The Balaban J connectivity index is 0.000000511. The number of benzene rings is 2. The zero-order valence-corrected chi connectivity index (χ0v) is 14.4. The summed E-state index contributed by atoms with van der Waals surface area (Å²) in [4.78, 5) is 8.78. The van der Waals surface area contributed by atoms with Crippen LogP contribution in [0.4, 0.5) is 4.79 Å². The monoisotopic (exact) mass is 342 g/mol. The van der Waals surface area contributed by atoms with Crippen LogP contribution in [-0.2, 0) is 13.2 Å². The molecule has 4 N–H and O–H groups in total. The van der Waals surface area contributed by atoms with Gasteiger partial charge < -0.3 is 20.9 Å². The van der Waals surface area contributed by atoms with E-state index in [0.717, 1.165) is 12.3 Å². The Kier molecular flexibility index (Phi) is 7.79. The van der Waals surface area contributed by atoms with Gasteiger partial charge in [-0.1, -0.05) is 61.4 Å². The molecule has 0 spiro atoms. The number of nitrogens with one attached hydrogen (secondary N) is 1. The topological polar surface area (TPSA) is 84.6 Å². The third kappa shape index (κ3) is 7.27. The third-order valence-corrected chi connectivity index (χ3v) is 4.15. The van der Waals surface area contributed by atoms with Gasteiger partial charge in [-0.15, -0.1) is 0 Å². The lowest BCUT2D eigenvalue weighted by Crippen LogP contribution is -2.25. The van der Waals surface area contributed by atoms with Crippen molar-refractivity contribution in [1.29, 1.82) is 0 Å². The minimum Gasteiger partial charge on any atom is -0.489 e. The van der Waals surface area contributed by atoms with Crippen LogP contribution in [0.25, 0.3) is 0 Å². The largest absolute Gasteiger partial charge is 0.489 e. The van der Waals surface area contributed by atoms with E-state index in [0.29, 0.717) is 12.6 Å². The number of nitrogens with two attached hydrogens (primary N) is 1. The number of ether oxygens (including phenoxy) is 1. The van der Waals surface area contributed by atoms with Gasteiger partial charge in [-0.05, 0) is 24.5 Å². The first-order valence-electron chi connectivity index (χ1n) is 8.61. The summed E-state index contributed by atoms with van der Waals surface area (Å²) in [5, 5.41) is 10.9. The Morgan fingerprint density at radius 1 is 1.08 bits per heavy atom. The van der Waals surface area contributed by atoms with Gasteiger partial charge in [-0.2, -0.15) is 0 Å². The van der Waals surface area contributed by atoms with Gasteiger partial charge in [0.25, 0.3) is 0 Å². The van der Waals surface area contributed by atoms with Crippen LogP contribution in [0.1, 0.15) is 36.8 Å². The molecule has 1 amide bonds. The highest BCUT2D eigenvalue weighted by Gasteiger charge is 2.14. The molecule has 5 nitrogen and oxygen atoms in total. The van der Waals surface area contributed by atoms with Crippen LogP contribution in [0.3, 0.4) is 0 Å². The Hall–Kier alpha value is -2.53. The second-order valence-corrected chi connectivity index (χ2v) is 6.08. The molecule has 0 unspecified atom stereocenters. The molecule has 0 heterocycles. The Bertz CT molecular complexity index is 636. The predicted octanol–water partition coefficient (Wildman–Crippen LogP) is 3.92. The van der Waals surface area contributed by atoms with E-state index in [4.69, 9.17) is 14.6 Å². The van der Waals surface area contributed by atoms with E-state index < -0.39 is 6.09 Å². The summed E-state index contributed by atoms with van der Waals surface area (Å²) in [6.45, 7) is 1.52. The van der Waals surface area contributed by atoms with Crippen LogP contribution in [0.15, 0.2) is 54.6 Å². The van der Waals surface area contributed by atoms with E-state index in [1.54, 1.807) is 0 Å². The van der Waals surface area contributed by atoms with Crippen LogP contribution in [0.2, 0.25) is 0 Å². The molecule has 2 aromatic carbocycles. The number of rotatable bonds is 6. The van der Waals surface area contributed by atoms with Crippen molar-refractivity contribution < 1.29 is 14.6 Å². The highest BCUT2D eigenvalue weighted by Crippen LogP contribution is 2.22. The average Bonchev–Trinajstić information content (AvgIpc) is 3.13. The van der Waals surface area contributed by atoms with Gasteiger partial charge in [-0.25, -0.2) is 4.79 Å². The second kappa shape index (κ2) is 10.4. The van der Waals surface area contributed by atoms with Crippen LogP contribution in [0.5, 0.6) is 5.75 Å². The van der Waals surface area contributed by atoms with Crippen molar-refractivity contribution in [3.8, 4) is 5.75 Å². The summed E-state index contributed by atoms with van der Waals surface area (Å²) in [6.07, 6.45) is 4.02. The predicted molar refractivity (Wildman–Crippen MR) is 98.5 cm³/mol. The molecule has 1 aliphatic carbocycles. The van der Waals surface area contributed by atoms with Gasteiger partial charge in [-0.3, -0.25) is 0 Å². The zero-order valence-electron chi connectivity index (χ0n) is 14.4. The van der Waals surface area contributed by atoms with Crippen LogP contribution in [-0.4, -0.2) is 17.2 Å². The van der Waals surface area contributed by atoms with Gasteiger partial charge in [0.15, 0.2) is 0 Å². The van der Waals surface area contributed by atoms with Gasteiger partial charge >= 0.3 is 6.09 Å². The average molecular weight is 342 g/mol. The molecule has 134 valence electrons. The normalized spacial score (nSPS) is 13.8.